The van der Waals surface area contributed by atoms with Crippen molar-refractivity contribution in [3.8, 4) is 17.2 Å². The molecule has 2 aromatic rings. The van der Waals surface area contributed by atoms with E-state index in [1.165, 1.54) is 4.90 Å². The summed E-state index contributed by atoms with van der Waals surface area (Å²) >= 11 is 0. The average molecular weight is 488 g/mol. The summed E-state index contributed by atoms with van der Waals surface area (Å²) in [5.74, 6) is 2.01. The highest BCUT2D eigenvalue weighted by Gasteiger charge is 2.25. The lowest BCUT2D eigenvalue weighted by Gasteiger charge is -2.27. The van der Waals surface area contributed by atoms with E-state index in [1.807, 2.05) is 42.5 Å². The van der Waals surface area contributed by atoms with Gasteiger partial charge in [-0.15, -0.1) is 6.58 Å². The van der Waals surface area contributed by atoms with Crippen LogP contribution in [0.1, 0.15) is 17.5 Å². The molecule has 35 heavy (non-hydrogen) atoms. The van der Waals surface area contributed by atoms with Crippen molar-refractivity contribution in [1.82, 2.24) is 4.90 Å². The van der Waals surface area contributed by atoms with E-state index in [9.17, 15) is 4.79 Å². The van der Waals surface area contributed by atoms with Crippen LogP contribution in [-0.4, -0.2) is 71.7 Å². The second-order valence-electron chi connectivity index (χ2n) is 8.05. The fourth-order valence-electron chi connectivity index (χ4n) is 3.24. The standard InChI is InChI=1S/C27H37NO7/c1-7-8-24(34-17-21-11-14-23(31-5)15-25(21)32-6)26(35-19-27(29)28(2)3)18-33-16-20-9-12-22(30-4)13-10-20/h7,9-15,24,26H,1,8,16-19H2,2-6H3/t24-,26+/m0/s1. The maximum Gasteiger partial charge on any atom is 0.248 e. The van der Waals surface area contributed by atoms with E-state index in [0.29, 0.717) is 24.5 Å². The minimum Gasteiger partial charge on any atom is -0.497 e. The van der Waals surface area contributed by atoms with Crippen LogP contribution in [0.25, 0.3) is 0 Å². The van der Waals surface area contributed by atoms with Crippen LogP contribution >= 0.6 is 0 Å². The van der Waals surface area contributed by atoms with E-state index in [-0.39, 0.29) is 31.8 Å². The molecule has 0 N–H and O–H groups in total. The molecular formula is C27H37NO7. The lowest BCUT2D eigenvalue weighted by atomic mass is 10.1. The number of hydrogen-bond donors (Lipinski definition) is 0. The molecule has 0 radical (unpaired) electrons. The van der Waals surface area contributed by atoms with Crippen LogP contribution in [0.15, 0.2) is 55.1 Å². The minimum atomic E-state index is -0.487. The number of ether oxygens (including phenoxy) is 6. The molecule has 0 aromatic heterocycles. The Morgan fingerprint density at radius 2 is 1.60 bits per heavy atom. The van der Waals surface area contributed by atoms with Crippen molar-refractivity contribution in [3.63, 3.8) is 0 Å². The summed E-state index contributed by atoms with van der Waals surface area (Å²) in [5.41, 5.74) is 1.86. The summed E-state index contributed by atoms with van der Waals surface area (Å²) in [4.78, 5) is 13.7. The fraction of sp³-hybridized carbons (Fsp3) is 0.444. The maximum atomic E-state index is 12.2. The van der Waals surface area contributed by atoms with Gasteiger partial charge in [-0.05, 0) is 36.2 Å². The highest BCUT2D eigenvalue weighted by molar-refractivity contribution is 5.76. The van der Waals surface area contributed by atoms with Crippen molar-refractivity contribution in [2.75, 3.05) is 48.6 Å². The van der Waals surface area contributed by atoms with Gasteiger partial charge in [0.05, 0.1) is 47.3 Å². The Kier molecular flexibility index (Phi) is 12.1. The van der Waals surface area contributed by atoms with Crippen LogP contribution in [0.2, 0.25) is 0 Å². The molecule has 0 aliphatic heterocycles. The summed E-state index contributed by atoms with van der Waals surface area (Å²) in [7, 11) is 8.21. The summed E-state index contributed by atoms with van der Waals surface area (Å²) in [6, 6.07) is 13.2. The highest BCUT2D eigenvalue weighted by atomic mass is 16.6. The number of likely N-dealkylation sites (N-methyl/N-ethyl adjacent to an activating group) is 1. The molecular weight excluding hydrogens is 450 g/mol. The lowest BCUT2D eigenvalue weighted by Crippen LogP contribution is -2.38. The molecule has 0 bridgehead atoms. The summed E-state index contributed by atoms with van der Waals surface area (Å²) < 4.78 is 34.1. The molecule has 192 valence electrons. The van der Waals surface area contributed by atoms with Crippen molar-refractivity contribution in [3.05, 3.63) is 66.2 Å². The minimum absolute atomic E-state index is 0.0770. The Balaban J connectivity index is 2.09. The van der Waals surface area contributed by atoms with Gasteiger partial charge in [-0.1, -0.05) is 18.2 Å². The third-order valence-corrected chi connectivity index (χ3v) is 5.39. The molecule has 0 saturated heterocycles. The third kappa shape index (κ3) is 9.24. The predicted molar refractivity (Wildman–Crippen MR) is 134 cm³/mol. The second-order valence-corrected chi connectivity index (χ2v) is 8.05. The van der Waals surface area contributed by atoms with Gasteiger partial charge in [-0.3, -0.25) is 4.79 Å². The lowest BCUT2D eigenvalue weighted by molar-refractivity contribution is -0.146. The van der Waals surface area contributed by atoms with Crippen LogP contribution in [-0.2, 0) is 32.2 Å². The highest BCUT2D eigenvalue weighted by Crippen LogP contribution is 2.26. The first-order chi connectivity index (χ1) is 16.9. The number of carbonyl (C=O) groups is 1. The van der Waals surface area contributed by atoms with E-state index in [4.69, 9.17) is 28.4 Å². The number of benzene rings is 2. The van der Waals surface area contributed by atoms with Crippen molar-refractivity contribution < 1.29 is 33.2 Å². The quantitative estimate of drug-likeness (QED) is 0.333. The SMILES string of the molecule is C=CC[C@H](OCc1ccc(OC)cc1OC)[C@@H](COCc1ccc(OC)cc1)OCC(=O)N(C)C. The first kappa shape index (κ1) is 28.2. The molecule has 0 aliphatic rings. The van der Waals surface area contributed by atoms with Crippen molar-refractivity contribution >= 4 is 5.91 Å². The monoisotopic (exact) mass is 487 g/mol. The zero-order chi connectivity index (χ0) is 25.6. The third-order valence-electron chi connectivity index (χ3n) is 5.39. The maximum absolute atomic E-state index is 12.2. The molecule has 8 nitrogen and oxygen atoms in total. The predicted octanol–water partition coefficient (Wildman–Crippen LogP) is 3.86. The number of nitrogens with zero attached hydrogens (tertiary/aromatic N) is 1. The number of carbonyl (C=O) groups excluding carboxylic acids is 1. The Morgan fingerprint density at radius 1 is 0.914 bits per heavy atom. The first-order valence-corrected chi connectivity index (χ1v) is 11.4. The molecule has 0 unspecified atom stereocenters. The number of amides is 1. The molecule has 8 heteroatoms. The molecule has 2 atom stereocenters. The first-order valence-electron chi connectivity index (χ1n) is 11.4. The van der Waals surface area contributed by atoms with Gasteiger partial charge in [0.25, 0.3) is 0 Å². The molecule has 0 heterocycles. The van der Waals surface area contributed by atoms with Gasteiger partial charge in [0.1, 0.15) is 30.0 Å². The summed E-state index contributed by atoms with van der Waals surface area (Å²) in [6.45, 7) is 4.69. The van der Waals surface area contributed by atoms with Crippen molar-refractivity contribution in [2.45, 2.75) is 31.8 Å². The van der Waals surface area contributed by atoms with E-state index in [1.54, 1.807) is 41.5 Å². The van der Waals surface area contributed by atoms with Gasteiger partial charge in [0.15, 0.2) is 0 Å². The Hall–Kier alpha value is -3.07. The topological polar surface area (TPSA) is 75.7 Å². The Morgan fingerprint density at radius 3 is 2.20 bits per heavy atom. The van der Waals surface area contributed by atoms with E-state index in [2.05, 4.69) is 6.58 Å². The zero-order valence-corrected chi connectivity index (χ0v) is 21.3. The second kappa shape index (κ2) is 15.0. The van der Waals surface area contributed by atoms with Crippen LogP contribution < -0.4 is 14.2 Å². The average Bonchev–Trinajstić information content (AvgIpc) is 2.88. The summed E-state index contributed by atoms with van der Waals surface area (Å²) in [5, 5.41) is 0. The van der Waals surface area contributed by atoms with Crippen LogP contribution in [0, 0.1) is 0 Å². The molecule has 2 rings (SSSR count). The molecule has 0 saturated carbocycles. The Labute approximate surface area is 208 Å². The fourth-order valence-corrected chi connectivity index (χ4v) is 3.24. The van der Waals surface area contributed by atoms with Crippen LogP contribution in [0.5, 0.6) is 17.2 Å². The van der Waals surface area contributed by atoms with Crippen LogP contribution in [0.4, 0.5) is 0 Å². The van der Waals surface area contributed by atoms with Gasteiger partial charge in [0.2, 0.25) is 5.91 Å². The smallest absolute Gasteiger partial charge is 0.248 e. The summed E-state index contributed by atoms with van der Waals surface area (Å²) in [6.07, 6.45) is 1.42. The normalized spacial score (nSPS) is 12.5. The Bertz CT molecular complexity index is 914. The van der Waals surface area contributed by atoms with Gasteiger partial charge in [0, 0.05) is 25.7 Å². The zero-order valence-electron chi connectivity index (χ0n) is 21.3. The van der Waals surface area contributed by atoms with Crippen molar-refractivity contribution in [2.24, 2.45) is 0 Å². The largest absolute Gasteiger partial charge is 0.497 e. The van der Waals surface area contributed by atoms with Gasteiger partial charge < -0.3 is 33.3 Å². The molecule has 1 amide bonds. The van der Waals surface area contributed by atoms with Gasteiger partial charge in [-0.25, -0.2) is 0 Å². The molecule has 2 aromatic carbocycles. The van der Waals surface area contributed by atoms with E-state index in [0.717, 1.165) is 16.9 Å². The van der Waals surface area contributed by atoms with Crippen LogP contribution in [0.3, 0.4) is 0 Å². The number of rotatable bonds is 16. The molecule has 0 spiro atoms. The van der Waals surface area contributed by atoms with Crippen molar-refractivity contribution in [1.29, 1.82) is 0 Å². The van der Waals surface area contributed by atoms with E-state index < -0.39 is 6.10 Å². The molecule has 0 fully saturated rings. The van der Waals surface area contributed by atoms with E-state index >= 15 is 0 Å². The number of hydrogen-bond acceptors (Lipinski definition) is 7. The van der Waals surface area contributed by atoms with Gasteiger partial charge in [-0.2, -0.15) is 0 Å². The van der Waals surface area contributed by atoms with Gasteiger partial charge >= 0.3 is 0 Å². The number of methoxy groups -OCH3 is 3. The molecule has 0 aliphatic carbocycles.